The van der Waals surface area contributed by atoms with Crippen LogP contribution in [0.25, 0.3) is 0 Å². The highest BCUT2D eigenvalue weighted by atomic mass is 35.5. The van der Waals surface area contributed by atoms with E-state index in [1.54, 1.807) is 0 Å². The number of aromatic hydroxyl groups is 2. The maximum atomic E-state index is 11.8. The van der Waals surface area contributed by atoms with Gasteiger partial charge in [-0.25, -0.2) is 0 Å². The van der Waals surface area contributed by atoms with Gasteiger partial charge in [-0.2, -0.15) is 0 Å². The summed E-state index contributed by atoms with van der Waals surface area (Å²) in [5.74, 6) is -0.640. The zero-order valence-electron chi connectivity index (χ0n) is 9.90. The molecule has 1 aromatic rings. The summed E-state index contributed by atoms with van der Waals surface area (Å²) in [7, 11) is 0. The lowest BCUT2D eigenvalue weighted by Crippen LogP contribution is -2.28. The van der Waals surface area contributed by atoms with Crippen LogP contribution in [-0.4, -0.2) is 28.0 Å². The number of benzene rings is 1. The maximum absolute atomic E-state index is 11.8. The summed E-state index contributed by atoms with van der Waals surface area (Å²) in [6, 6.07) is 4.33. The van der Waals surface area contributed by atoms with Crippen LogP contribution in [0.4, 0.5) is 0 Å². The van der Waals surface area contributed by atoms with E-state index in [0.29, 0.717) is 12.5 Å². The van der Waals surface area contributed by atoms with Gasteiger partial charge in [0.2, 0.25) is 0 Å². The van der Waals surface area contributed by atoms with E-state index in [0.717, 1.165) is 19.3 Å². The minimum Gasteiger partial charge on any atom is -0.504 e. The molecule has 98 valence electrons. The predicted octanol–water partition coefficient (Wildman–Crippen LogP) is 2.24. The van der Waals surface area contributed by atoms with Crippen LogP contribution in [0.5, 0.6) is 11.5 Å². The van der Waals surface area contributed by atoms with Gasteiger partial charge in [0.15, 0.2) is 11.5 Å². The fourth-order valence-corrected chi connectivity index (χ4v) is 2.62. The molecule has 2 atom stereocenters. The third-order valence-electron chi connectivity index (χ3n) is 3.29. The average Bonchev–Trinajstić information content (AvgIpc) is 2.76. The molecule has 0 bridgehead atoms. The van der Waals surface area contributed by atoms with Crippen LogP contribution in [0.3, 0.4) is 0 Å². The molecule has 1 aliphatic rings. The molecule has 0 saturated heterocycles. The lowest BCUT2D eigenvalue weighted by molar-refractivity contribution is 0.0944. The third kappa shape index (κ3) is 2.88. The second-order valence-electron chi connectivity index (χ2n) is 4.66. The molecule has 2 rings (SSSR count). The summed E-state index contributed by atoms with van der Waals surface area (Å²) in [5, 5.41) is 21.9. The number of rotatable bonds is 3. The maximum Gasteiger partial charge on any atom is 0.255 e. The molecule has 1 aliphatic carbocycles. The third-order valence-corrected chi connectivity index (χ3v) is 3.68. The number of hydrogen-bond donors (Lipinski definition) is 3. The molecule has 0 aromatic heterocycles. The molecule has 1 fully saturated rings. The first-order valence-corrected chi connectivity index (χ1v) is 6.44. The summed E-state index contributed by atoms with van der Waals surface area (Å²) in [6.07, 6.45) is 2.91. The van der Waals surface area contributed by atoms with Gasteiger partial charge in [0.05, 0.1) is 5.56 Å². The van der Waals surface area contributed by atoms with Crippen molar-refractivity contribution in [1.82, 2.24) is 5.32 Å². The van der Waals surface area contributed by atoms with Gasteiger partial charge in [-0.1, -0.05) is 6.07 Å². The van der Waals surface area contributed by atoms with Crippen LogP contribution in [0, 0.1) is 5.92 Å². The van der Waals surface area contributed by atoms with Crippen molar-refractivity contribution >= 4 is 17.5 Å². The van der Waals surface area contributed by atoms with E-state index >= 15 is 0 Å². The number of phenols is 2. The van der Waals surface area contributed by atoms with Gasteiger partial charge in [-0.05, 0) is 37.3 Å². The van der Waals surface area contributed by atoms with Gasteiger partial charge in [0.25, 0.3) is 5.91 Å². The summed E-state index contributed by atoms with van der Waals surface area (Å²) in [5.41, 5.74) is 0.0930. The van der Waals surface area contributed by atoms with Gasteiger partial charge in [0, 0.05) is 11.9 Å². The van der Waals surface area contributed by atoms with Gasteiger partial charge >= 0.3 is 0 Å². The Kier molecular flexibility index (Phi) is 3.97. The van der Waals surface area contributed by atoms with E-state index in [1.165, 1.54) is 18.2 Å². The Balaban J connectivity index is 1.94. The van der Waals surface area contributed by atoms with Crippen molar-refractivity contribution in [2.75, 3.05) is 6.54 Å². The molecule has 0 spiro atoms. The predicted molar refractivity (Wildman–Crippen MR) is 69.1 cm³/mol. The van der Waals surface area contributed by atoms with Crippen molar-refractivity contribution in [3.63, 3.8) is 0 Å². The number of halogens is 1. The number of para-hydroxylation sites is 1. The van der Waals surface area contributed by atoms with Gasteiger partial charge in [0.1, 0.15) is 0 Å². The number of hydrogen-bond acceptors (Lipinski definition) is 3. The largest absolute Gasteiger partial charge is 0.504 e. The van der Waals surface area contributed by atoms with E-state index in [2.05, 4.69) is 5.32 Å². The average molecular weight is 270 g/mol. The molecule has 4 nitrogen and oxygen atoms in total. The van der Waals surface area contributed by atoms with E-state index in [1.807, 2.05) is 0 Å². The van der Waals surface area contributed by atoms with E-state index in [9.17, 15) is 15.0 Å². The molecule has 5 heteroatoms. The van der Waals surface area contributed by atoms with Crippen molar-refractivity contribution < 1.29 is 15.0 Å². The Bertz CT molecular complexity index is 450. The molecule has 0 heterocycles. The fraction of sp³-hybridized carbons (Fsp3) is 0.462. The second-order valence-corrected chi connectivity index (χ2v) is 5.28. The highest BCUT2D eigenvalue weighted by Crippen LogP contribution is 2.30. The molecular formula is C13H16ClNO3. The minimum absolute atomic E-state index is 0.0930. The summed E-state index contributed by atoms with van der Waals surface area (Å²) >= 11 is 6.00. The topological polar surface area (TPSA) is 69.6 Å². The van der Waals surface area contributed by atoms with Crippen LogP contribution >= 0.6 is 11.6 Å². The monoisotopic (exact) mass is 269 g/mol. The van der Waals surface area contributed by atoms with E-state index in [4.69, 9.17) is 11.6 Å². The quantitative estimate of drug-likeness (QED) is 0.582. The highest BCUT2D eigenvalue weighted by molar-refractivity contribution is 6.20. The highest BCUT2D eigenvalue weighted by Gasteiger charge is 2.23. The van der Waals surface area contributed by atoms with Gasteiger partial charge in [-0.15, -0.1) is 11.6 Å². The molecule has 18 heavy (non-hydrogen) atoms. The van der Waals surface area contributed by atoms with Crippen LogP contribution < -0.4 is 5.32 Å². The van der Waals surface area contributed by atoms with Gasteiger partial charge in [-0.3, -0.25) is 4.79 Å². The number of carbonyl (C=O) groups is 1. The molecule has 1 amide bonds. The Labute approximate surface area is 111 Å². The van der Waals surface area contributed by atoms with Crippen molar-refractivity contribution in [3.05, 3.63) is 23.8 Å². The summed E-state index contributed by atoms with van der Waals surface area (Å²) in [6.45, 7) is 0.553. The Hall–Kier alpha value is -1.42. The van der Waals surface area contributed by atoms with Crippen molar-refractivity contribution in [2.45, 2.75) is 24.6 Å². The van der Waals surface area contributed by atoms with Crippen molar-refractivity contribution in [3.8, 4) is 11.5 Å². The van der Waals surface area contributed by atoms with Crippen molar-refractivity contribution in [1.29, 1.82) is 0 Å². The van der Waals surface area contributed by atoms with Gasteiger partial charge < -0.3 is 15.5 Å². The number of nitrogens with one attached hydrogen (secondary N) is 1. The van der Waals surface area contributed by atoms with Crippen molar-refractivity contribution in [2.24, 2.45) is 5.92 Å². The first-order chi connectivity index (χ1) is 8.58. The zero-order valence-corrected chi connectivity index (χ0v) is 10.7. The molecule has 2 unspecified atom stereocenters. The summed E-state index contributed by atoms with van der Waals surface area (Å²) < 4.78 is 0. The molecule has 3 N–H and O–H groups in total. The first-order valence-electron chi connectivity index (χ1n) is 6.01. The number of phenolic OH excluding ortho intramolecular Hbond substituents is 2. The molecule has 1 saturated carbocycles. The van der Waals surface area contributed by atoms with Crippen LogP contribution in [-0.2, 0) is 0 Å². The number of alkyl halides is 1. The molecule has 0 radical (unpaired) electrons. The van der Waals surface area contributed by atoms with Crippen LogP contribution in [0.1, 0.15) is 29.6 Å². The Morgan fingerprint density at radius 2 is 2.17 bits per heavy atom. The van der Waals surface area contributed by atoms with E-state index in [-0.39, 0.29) is 28.3 Å². The Morgan fingerprint density at radius 3 is 2.83 bits per heavy atom. The Morgan fingerprint density at radius 1 is 1.39 bits per heavy atom. The molecule has 0 aliphatic heterocycles. The van der Waals surface area contributed by atoms with Crippen LogP contribution in [0.2, 0.25) is 0 Å². The number of amides is 1. The van der Waals surface area contributed by atoms with E-state index < -0.39 is 0 Å². The lowest BCUT2D eigenvalue weighted by atomic mass is 10.1. The normalized spacial score (nSPS) is 22.9. The molecule has 1 aromatic carbocycles. The fourth-order valence-electron chi connectivity index (χ4n) is 2.25. The smallest absolute Gasteiger partial charge is 0.255 e. The lowest BCUT2D eigenvalue weighted by Gasteiger charge is -2.11. The second kappa shape index (κ2) is 5.48. The van der Waals surface area contributed by atoms with Crippen LogP contribution in [0.15, 0.2) is 18.2 Å². The standard InChI is InChI=1S/C13H16ClNO3/c14-9-5-4-8(6-9)7-15-13(18)10-2-1-3-11(16)12(10)17/h1-3,8-9,16-17H,4-7H2,(H,15,18). The minimum atomic E-state index is -0.378. The zero-order chi connectivity index (χ0) is 13.1. The first kappa shape index (κ1) is 13.0. The summed E-state index contributed by atoms with van der Waals surface area (Å²) in [4.78, 5) is 11.8. The SMILES string of the molecule is O=C(NCC1CCC(Cl)C1)c1cccc(O)c1O. The molecular weight excluding hydrogens is 254 g/mol. The number of carbonyl (C=O) groups excluding carboxylic acids is 1.